The van der Waals surface area contributed by atoms with Gasteiger partial charge in [-0.25, -0.2) is 4.68 Å². The van der Waals surface area contributed by atoms with E-state index >= 15 is 0 Å². The van der Waals surface area contributed by atoms with Crippen molar-refractivity contribution in [2.45, 2.75) is 6.92 Å². The molecule has 4 rings (SSSR count). The van der Waals surface area contributed by atoms with Gasteiger partial charge in [-0.15, -0.1) is 0 Å². The van der Waals surface area contributed by atoms with Gasteiger partial charge in [0.2, 0.25) is 0 Å². The third-order valence-corrected chi connectivity index (χ3v) is 5.42. The number of anilines is 2. The number of methoxy groups -OCH3 is 1. The molecule has 0 saturated carbocycles. The van der Waals surface area contributed by atoms with Crippen molar-refractivity contribution in [3.8, 4) is 11.5 Å². The molecule has 0 fully saturated rings. The van der Waals surface area contributed by atoms with Gasteiger partial charge in [0.1, 0.15) is 17.2 Å². The lowest BCUT2D eigenvalue weighted by Crippen LogP contribution is -2.36. The van der Waals surface area contributed by atoms with E-state index < -0.39 is 17.7 Å². The first-order valence-electron chi connectivity index (χ1n) is 11.0. The van der Waals surface area contributed by atoms with E-state index in [1.165, 1.54) is 4.68 Å². The molecule has 3 aromatic carbocycles. The molecule has 3 amide bonds. The van der Waals surface area contributed by atoms with E-state index in [-0.39, 0.29) is 5.69 Å². The zero-order chi connectivity index (χ0) is 25.7. The molecule has 0 aliphatic rings. The van der Waals surface area contributed by atoms with Gasteiger partial charge in [0.05, 0.1) is 19.2 Å². The topological polar surface area (TPSA) is 111 Å². The van der Waals surface area contributed by atoms with Gasteiger partial charge in [-0.1, -0.05) is 11.6 Å². The summed E-state index contributed by atoms with van der Waals surface area (Å²) in [5.41, 5.74) is 4.04. The normalized spacial score (nSPS) is 10.5. The molecule has 0 unspecified atom stereocenters. The minimum Gasteiger partial charge on any atom is -0.497 e. The molecule has 1 aromatic heterocycles. The number of fused-ring (bicyclic) bond motifs is 1. The van der Waals surface area contributed by atoms with Crippen molar-refractivity contribution in [2.75, 3.05) is 29.8 Å². The highest BCUT2D eigenvalue weighted by molar-refractivity contribution is 6.42. The Bertz CT molecular complexity index is 1420. The maximum absolute atomic E-state index is 13.1. The molecule has 0 atom stereocenters. The quantitative estimate of drug-likeness (QED) is 0.316. The largest absolute Gasteiger partial charge is 0.497 e. The number of halogens is 1. The van der Waals surface area contributed by atoms with E-state index in [4.69, 9.17) is 21.1 Å². The first-order chi connectivity index (χ1) is 17.4. The molecule has 36 heavy (non-hydrogen) atoms. The number of nitrogens with one attached hydrogen (secondary N) is 3. The highest BCUT2D eigenvalue weighted by atomic mass is 35.5. The summed E-state index contributed by atoms with van der Waals surface area (Å²) < 4.78 is 11.8. The summed E-state index contributed by atoms with van der Waals surface area (Å²) in [5.74, 6) is -1.08. The number of amides is 3. The van der Waals surface area contributed by atoms with Gasteiger partial charge in [-0.2, -0.15) is 0 Å². The molecule has 0 saturated heterocycles. The van der Waals surface area contributed by atoms with Crippen molar-refractivity contribution >= 4 is 51.6 Å². The Morgan fingerprint density at radius 1 is 0.833 bits per heavy atom. The molecule has 9 nitrogen and oxygen atoms in total. The van der Waals surface area contributed by atoms with E-state index in [9.17, 15) is 14.4 Å². The Balaban J connectivity index is 1.56. The SMILES string of the molecule is CCOc1ccc(NC(=O)C(=O)Nn2c(C(=O)Nc3ccc(OC)cc3)cc3cc(Cl)ccc32)cc1. The molecule has 0 aliphatic heterocycles. The van der Waals surface area contributed by atoms with Gasteiger partial charge in [-0.05, 0) is 79.7 Å². The average molecular weight is 507 g/mol. The van der Waals surface area contributed by atoms with E-state index in [1.807, 2.05) is 6.92 Å². The van der Waals surface area contributed by atoms with Crippen LogP contribution in [0.15, 0.2) is 72.8 Å². The molecule has 0 bridgehead atoms. The lowest BCUT2D eigenvalue weighted by atomic mass is 10.2. The van der Waals surface area contributed by atoms with Crippen LogP contribution in [0.1, 0.15) is 17.4 Å². The Hall–Kier alpha value is -4.50. The first kappa shape index (κ1) is 24.6. The number of hydrogen-bond acceptors (Lipinski definition) is 5. The fourth-order valence-electron chi connectivity index (χ4n) is 3.48. The summed E-state index contributed by atoms with van der Waals surface area (Å²) in [4.78, 5) is 38.4. The van der Waals surface area contributed by atoms with Crippen molar-refractivity contribution in [3.63, 3.8) is 0 Å². The van der Waals surface area contributed by atoms with Gasteiger partial charge in [0.25, 0.3) is 5.91 Å². The molecular formula is C26H23ClN4O5. The van der Waals surface area contributed by atoms with Gasteiger partial charge in [0, 0.05) is 21.8 Å². The highest BCUT2D eigenvalue weighted by Gasteiger charge is 2.21. The second-order valence-electron chi connectivity index (χ2n) is 7.60. The van der Waals surface area contributed by atoms with E-state index in [0.717, 1.165) is 0 Å². The van der Waals surface area contributed by atoms with Crippen LogP contribution in [0, 0.1) is 0 Å². The monoisotopic (exact) mass is 506 g/mol. The predicted molar refractivity (Wildman–Crippen MR) is 139 cm³/mol. The van der Waals surface area contributed by atoms with Crippen LogP contribution in [0.4, 0.5) is 11.4 Å². The molecule has 0 spiro atoms. The summed E-state index contributed by atoms with van der Waals surface area (Å²) in [5, 5.41) is 6.36. The van der Waals surface area contributed by atoms with Gasteiger partial charge >= 0.3 is 11.8 Å². The van der Waals surface area contributed by atoms with Gasteiger partial charge < -0.3 is 20.1 Å². The number of rotatable bonds is 7. The average Bonchev–Trinajstić information content (AvgIpc) is 3.23. The summed E-state index contributed by atoms with van der Waals surface area (Å²) >= 11 is 6.11. The summed E-state index contributed by atoms with van der Waals surface area (Å²) in [6.45, 7) is 2.38. The molecule has 1 heterocycles. The smallest absolute Gasteiger partial charge is 0.328 e. The van der Waals surface area contributed by atoms with E-state index in [2.05, 4.69) is 16.1 Å². The molecular weight excluding hydrogens is 484 g/mol. The number of carbonyl (C=O) groups excluding carboxylic acids is 3. The maximum atomic E-state index is 13.1. The van der Waals surface area contributed by atoms with Crippen molar-refractivity contribution in [3.05, 3.63) is 83.5 Å². The Morgan fingerprint density at radius 3 is 2.11 bits per heavy atom. The van der Waals surface area contributed by atoms with Crippen molar-refractivity contribution in [1.82, 2.24) is 4.68 Å². The molecule has 0 aliphatic carbocycles. The van der Waals surface area contributed by atoms with Crippen LogP contribution in [0.2, 0.25) is 5.02 Å². The lowest BCUT2D eigenvalue weighted by molar-refractivity contribution is -0.133. The van der Waals surface area contributed by atoms with Crippen molar-refractivity contribution < 1.29 is 23.9 Å². The molecule has 3 N–H and O–H groups in total. The predicted octanol–water partition coefficient (Wildman–Crippen LogP) is 4.66. The van der Waals surface area contributed by atoms with Crippen LogP contribution in [0.5, 0.6) is 11.5 Å². The molecule has 4 aromatic rings. The minimum atomic E-state index is -0.963. The van der Waals surface area contributed by atoms with Crippen molar-refractivity contribution in [1.29, 1.82) is 0 Å². The lowest BCUT2D eigenvalue weighted by Gasteiger charge is -2.13. The summed E-state index contributed by atoms with van der Waals surface area (Å²) in [7, 11) is 1.55. The third-order valence-electron chi connectivity index (χ3n) is 5.19. The molecule has 10 heteroatoms. The number of hydrogen-bond donors (Lipinski definition) is 3. The fourth-order valence-corrected chi connectivity index (χ4v) is 3.67. The van der Waals surface area contributed by atoms with E-state index in [0.29, 0.717) is 45.4 Å². The third kappa shape index (κ3) is 5.59. The van der Waals surface area contributed by atoms with Crippen LogP contribution in [0.3, 0.4) is 0 Å². The minimum absolute atomic E-state index is 0.102. The second-order valence-corrected chi connectivity index (χ2v) is 8.04. The number of carbonyl (C=O) groups is 3. The zero-order valence-corrected chi connectivity index (χ0v) is 20.3. The van der Waals surface area contributed by atoms with Gasteiger partial charge in [-0.3, -0.25) is 19.8 Å². The van der Waals surface area contributed by atoms with Crippen LogP contribution in [0.25, 0.3) is 10.9 Å². The number of benzene rings is 3. The summed E-state index contributed by atoms with van der Waals surface area (Å²) in [6, 6.07) is 19.9. The first-order valence-corrected chi connectivity index (χ1v) is 11.4. The Labute approximate surface area is 211 Å². The van der Waals surface area contributed by atoms with Crippen LogP contribution < -0.4 is 25.5 Å². The second kappa shape index (κ2) is 10.8. The van der Waals surface area contributed by atoms with Crippen LogP contribution >= 0.6 is 11.6 Å². The zero-order valence-electron chi connectivity index (χ0n) is 19.5. The molecule has 184 valence electrons. The molecule has 0 radical (unpaired) electrons. The summed E-state index contributed by atoms with van der Waals surface area (Å²) in [6.07, 6.45) is 0. The van der Waals surface area contributed by atoms with Crippen LogP contribution in [-0.2, 0) is 9.59 Å². The Kier molecular flexibility index (Phi) is 7.41. The number of ether oxygens (including phenoxy) is 2. The Morgan fingerprint density at radius 2 is 1.47 bits per heavy atom. The maximum Gasteiger partial charge on any atom is 0.328 e. The number of nitrogens with zero attached hydrogens (tertiary/aromatic N) is 1. The number of aromatic nitrogens is 1. The van der Waals surface area contributed by atoms with E-state index in [1.54, 1.807) is 79.9 Å². The van der Waals surface area contributed by atoms with Crippen LogP contribution in [-0.4, -0.2) is 36.1 Å². The highest BCUT2D eigenvalue weighted by Crippen LogP contribution is 2.24. The van der Waals surface area contributed by atoms with Gasteiger partial charge in [0.15, 0.2) is 0 Å². The standard InChI is InChI=1S/C26H23ClN4O5/c1-3-36-21-11-7-19(8-12-21)29-25(33)26(34)30-31-22-13-4-17(27)14-16(22)15-23(31)24(32)28-18-5-9-20(35-2)10-6-18/h4-15H,3H2,1-2H3,(H,28,32)(H,29,33)(H,30,34). The fraction of sp³-hybridized carbons (Fsp3) is 0.115. The van der Waals surface area contributed by atoms with Crippen molar-refractivity contribution in [2.24, 2.45) is 0 Å².